The van der Waals surface area contributed by atoms with Gasteiger partial charge in [-0.1, -0.05) is 110 Å². The Morgan fingerprint density at radius 3 is 1.27 bits per heavy atom. The van der Waals surface area contributed by atoms with Crippen molar-refractivity contribution in [1.29, 1.82) is 0 Å². The summed E-state index contributed by atoms with van der Waals surface area (Å²) in [4.78, 5) is 18.5. The summed E-state index contributed by atoms with van der Waals surface area (Å²) >= 11 is 0. The Morgan fingerprint density at radius 1 is 0.320 bits per heavy atom. The van der Waals surface area contributed by atoms with Crippen LogP contribution in [0.1, 0.15) is 146 Å². The van der Waals surface area contributed by atoms with Crippen molar-refractivity contribution >= 4 is 88.0 Å². The SMILES string of the molecule is Cc1ccc(-c2c(C)ccc3c2oc2c(C(C)C)nccc23)[n+](C)c1.Cc1ccc(-c2c(C)ccc3c2oc2ncc(C(C)C)cc23)[n+](C)c1.Cc1ccc(-c2c(C)cnc3c2oc2c(C(C)C)cccc23)[n+](C)c1.Cc1ccc(-c2c(C)ncc3c2oc2c(C(C)C)cccc23)[n+](C)c1. The van der Waals surface area contributed by atoms with Crippen LogP contribution in [-0.4, -0.2) is 19.9 Å². The van der Waals surface area contributed by atoms with Crippen LogP contribution in [0.4, 0.5) is 0 Å². The molecule has 0 bridgehead atoms. The van der Waals surface area contributed by atoms with Gasteiger partial charge < -0.3 is 17.7 Å². The van der Waals surface area contributed by atoms with E-state index in [1.807, 2.05) is 31.7 Å². The molecule has 4 aromatic carbocycles. The van der Waals surface area contributed by atoms with Gasteiger partial charge in [-0.15, -0.1) is 0 Å². The molecule has 100 heavy (non-hydrogen) atoms. The molecule has 16 rings (SSSR count). The normalized spacial score (nSPS) is 11.8. The van der Waals surface area contributed by atoms with Gasteiger partial charge in [-0.3, -0.25) is 15.0 Å². The first-order valence-electron chi connectivity index (χ1n) is 35.0. The number of hydrogen-bond donors (Lipinski definition) is 0. The molecule has 12 heteroatoms. The number of para-hydroxylation sites is 2. The molecule has 12 heterocycles. The molecule has 0 N–H and O–H groups in total. The lowest BCUT2D eigenvalue weighted by Gasteiger charge is -2.06. The van der Waals surface area contributed by atoms with Gasteiger partial charge in [-0.2, -0.15) is 0 Å². The molecular weight excluding hydrogens is 1230 g/mol. The quantitative estimate of drug-likeness (QED) is 0.138. The van der Waals surface area contributed by atoms with E-state index in [0.717, 1.165) is 144 Å². The Bertz CT molecular complexity index is 5410. The van der Waals surface area contributed by atoms with Gasteiger partial charge in [0.2, 0.25) is 28.5 Å². The van der Waals surface area contributed by atoms with Crippen LogP contribution in [0.15, 0.2) is 189 Å². The number of hydrogen-bond acceptors (Lipinski definition) is 8. The van der Waals surface area contributed by atoms with Gasteiger partial charge >= 0.3 is 0 Å². The summed E-state index contributed by atoms with van der Waals surface area (Å²) < 4.78 is 34.1. The third-order valence-corrected chi connectivity index (χ3v) is 19.6. The molecule has 0 aliphatic rings. The first kappa shape index (κ1) is 67.8. The standard InChI is InChI=1S/4C22H23N2O/c1-13(2)16-10-18-17-8-7-15(4)20(21(17)25-22(18)23-11-16)19-9-6-14(3)12-24(19)5;1-13(2)20-22-17(10-11-23-20)16-8-7-15(4)19(21(16)25-22)18-9-6-14(3)12-24(18)5;1-13(2)16-7-6-8-17-18-11-23-15(4)20(22(18)25-21(16)17)19-10-9-14(3)12-24(19)5;1-13(2)16-7-6-8-17-20-22(25-21(16)17)19(15(4)11-23-20)18-10-9-14(3)12-24(18)5/h4*6-13H,1-5H3/q4*+1. The van der Waals surface area contributed by atoms with Crippen LogP contribution in [0.5, 0.6) is 0 Å². The van der Waals surface area contributed by atoms with Crippen molar-refractivity contribution in [3.63, 3.8) is 0 Å². The number of benzene rings is 4. The lowest BCUT2D eigenvalue weighted by atomic mass is 9.99. The van der Waals surface area contributed by atoms with E-state index in [4.69, 9.17) is 22.7 Å². The van der Waals surface area contributed by atoms with E-state index < -0.39 is 0 Å². The summed E-state index contributed by atoms with van der Waals surface area (Å²) in [7, 11) is 8.32. The molecule has 0 spiro atoms. The molecule has 0 aliphatic carbocycles. The van der Waals surface area contributed by atoms with E-state index in [9.17, 15) is 0 Å². The van der Waals surface area contributed by atoms with Crippen molar-refractivity contribution in [2.24, 2.45) is 28.2 Å². The Balaban J connectivity index is 0.000000119. The second kappa shape index (κ2) is 27.2. The van der Waals surface area contributed by atoms with Crippen molar-refractivity contribution in [2.45, 2.75) is 134 Å². The summed E-state index contributed by atoms with van der Waals surface area (Å²) in [5.74, 6) is 1.59. The predicted molar refractivity (Wildman–Crippen MR) is 407 cm³/mol. The number of nitrogens with zero attached hydrogens (tertiary/aromatic N) is 8. The van der Waals surface area contributed by atoms with Crippen LogP contribution in [-0.2, 0) is 28.2 Å². The molecule has 0 saturated heterocycles. The second-order valence-electron chi connectivity index (χ2n) is 28.7. The van der Waals surface area contributed by atoms with Crippen molar-refractivity contribution in [3.8, 4) is 45.0 Å². The van der Waals surface area contributed by atoms with Gasteiger partial charge in [-0.25, -0.2) is 23.3 Å². The minimum absolute atomic E-state index is 0.323. The largest absolute Gasteiger partial charge is 0.455 e. The average molecular weight is 1330 g/mol. The first-order valence-corrected chi connectivity index (χ1v) is 35.0. The summed E-state index contributed by atoms with van der Waals surface area (Å²) in [6.07, 6.45) is 16.3. The molecule has 0 atom stereocenters. The molecule has 0 amide bonds. The van der Waals surface area contributed by atoms with E-state index in [-0.39, 0.29) is 0 Å². The lowest BCUT2D eigenvalue weighted by Crippen LogP contribution is -2.31. The van der Waals surface area contributed by atoms with Gasteiger partial charge in [0.05, 0.1) is 28.1 Å². The number of aryl methyl sites for hydroxylation is 12. The molecule has 504 valence electrons. The van der Waals surface area contributed by atoms with Crippen molar-refractivity contribution < 1.29 is 35.9 Å². The van der Waals surface area contributed by atoms with E-state index in [2.05, 4.69) is 311 Å². The van der Waals surface area contributed by atoms with Gasteiger partial charge in [0.1, 0.15) is 56.0 Å². The highest BCUT2D eigenvalue weighted by Gasteiger charge is 2.28. The van der Waals surface area contributed by atoms with Gasteiger partial charge in [0, 0.05) is 109 Å². The average Bonchev–Trinajstić information content (AvgIpc) is 1.60. The highest BCUT2D eigenvalue weighted by atomic mass is 16.3. The molecule has 12 aromatic heterocycles. The van der Waals surface area contributed by atoms with Gasteiger partial charge in [0.15, 0.2) is 47.1 Å². The van der Waals surface area contributed by atoms with Crippen LogP contribution in [0.3, 0.4) is 0 Å². The molecular formula is C88H92N8O4+4. The summed E-state index contributed by atoms with van der Waals surface area (Å²) in [5, 5.41) is 7.84. The van der Waals surface area contributed by atoms with Crippen LogP contribution >= 0.6 is 0 Å². The highest BCUT2D eigenvalue weighted by Crippen LogP contribution is 2.43. The smallest absolute Gasteiger partial charge is 0.227 e. The Kier molecular flexibility index (Phi) is 18.4. The summed E-state index contributed by atoms with van der Waals surface area (Å²) in [5.41, 5.74) is 31.4. The van der Waals surface area contributed by atoms with Crippen molar-refractivity contribution in [3.05, 3.63) is 238 Å². The van der Waals surface area contributed by atoms with E-state index >= 15 is 0 Å². The number of furan rings is 4. The first-order chi connectivity index (χ1) is 47.9. The number of rotatable bonds is 8. The molecule has 0 radical (unpaired) electrons. The van der Waals surface area contributed by atoms with E-state index in [1.54, 1.807) is 0 Å². The monoisotopic (exact) mass is 1320 g/mol. The van der Waals surface area contributed by atoms with Gasteiger partial charge in [0.25, 0.3) is 0 Å². The zero-order valence-corrected chi connectivity index (χ0v) is 61.7. The Morgan fingerprint density at radius 2 is 0.760 bits per heavy atom. The van der Waals surface area contributed by atoms with E-state index in [0.29, 0.717) is 29.4 Å². The molecule has 0 aliphatic heterocycles. The topological polar surface area (TPSA) is 120 Å². The van der Waals surface area contributed by atoms with Gasteiger partial charge in [-0.05, 0) is 155 Å². The minimum atomic E-state index is 0.323. The fraction of sp³-hybridized carbons (Fsp3) is 0.273. The Labute approximate surface area is 586 Å². The van der Waals surface area contributed by atoms with Crippen molar-refractivity contribution in [2.75, 3.05) is 0 Å². The van der Waals surface area contributed by atoms with Crippen LogP contribution in [0.2, 0.25) is 0 Å². The molecule has 12 nitrogen and oxygen atoms in total. The van der Waals surface area contributed by atoms with Crippen molar-refractivity contribution in [1.82, 2.24) is 19.9 Å². The minimum Gasteiger partial charge on any atom is -0.455 e. The van der Waals surface area contributed by atoms with E-state index in [1.165, 1.54) is 50.1 Å². The lowest BCUT2D eigenvalue weighted by molar-refractivity contribution is -0.660. The molecule has 0 unspecified atom stereocenters. The number of fused-ring (bicyclic) bond motifs is 12. The zero-order valence-electron chi connectivity index (χ0n) is 61.7. The maximum atomic E-state index is 6.44. The second-order valence-corrected chi connectivity index (χ2v) is 28.7. The summed E-state index contributed by atoms with van der Waals surface area (Å²) in [6.45, 7) is 34.3. The summed E-state index contributed by atoms with van der Waals surface area (Å²) in [6, 6.07) is 42.9. The maximum absolute atomic E-state index is 6.44. The molecule has 0 fully saturated rings. The van der Waals surface area contributed by atoms with Crippen LogP contribution in [0.25, 0.3) is 133 Å². The van der Waals surface area contributed by atoms with Crippen LogP contribution in [0, 0.1) is 55.4 Å². The molecule has 0 saturated carbocycles. The number of pyridine rings is 8. The Hall–Kier alpha value is -10.7. The third kappa shape index (κ3) is 12.5. The molecule has 16 aromatic rings. The van der Waals surface area contributed by atoms with Crippen LogP contribution < -0.4 is 18.3 Å². The third-order valence-electron chi connectivity index (χ3n) is 19.6. The maximum Gasteiger partial charge on any atom is 0.227 e. The fourth-order valence-electron chi connectivity index (χ4n) is 14.3. The number of aromatic nitrogens is 8. The predicted octanol–water partition coefficient (Wildman–Crippen LogP) is 20.9. The zero-order chi connectivity index (χ0) is 70.9. The highest BCUT2D eigenvalue weighted by molar-refractivity contribution is 6.12. The fourth-order valence-corrected chi connectivity index (χ4v) is 14.3.